The maximum atomic E-state index is 11.4. The lowest BCUT2D eigenvalue weighted by Crippen LogP contribution is -2.15. The average Bonchev–Trinajstić information content (AvgIpc) is 2.22. The van der Waals surface area contributed by atoms with Gasteiger partial charge in [0.1, 0.15) is 5.78 Å². The van der Waals surface area contributed by atoms with Gasteiger partial charge in [-0.05, 0) is 30.2 Å². The minimum Gasteiger partial charge on any atom is -0.298 e. The Morgan fingerprint density at radius 1 is 1.53 bits per heavy atom. The van der Waals surface area contributed by atoms with E-state index in [0.29, 0.717) is 17.9 Å². The molecular weight excluding hydrogens is 343 g/mol. The molecule has 1 rings (SSSR count). The van der Waals surface area contributed by atoms with E-state index in [1.165, 1.54) is 0 Å². The highest BCUT2D eigenvalue weighted by Crippen LogP contribution is 2.24. The minimum atomic E-state index is -0.144. The van der Waals surface area contributed by atoms with Gasteiger partial charge in [0.25, 0.3) is 0 Å². The summed E-state index contributed by atoms with van der Waals surface area (Å²) in [6.07, 6.45) is 1.17. The van der Waals surface area contributed by atoms with Gasteiger partial charge in [0.2, 0.25) is 0 Å². The molecule has 0 aromatic heterocycles. The van der Waals surface area contributed by atoms with Crippen LogP contribution in [0.2, 0.25) is 5.02 Å². The van der Waals surface area contributed by atoms with Crippen molar-refractivity contribution in [2.24, 2.45) is 0 Å². The van der Waals surface area contributed by atoms with Crippen LogP contribution in [0.15, 0.2) is 22.7 Å². The summed E-state index contributed by atoms with van der Waals surface area (Å²) in [4.78, 5) is 11.3. The standard InChI is InChI=1S/C11H11Br2ClO/c1-2-11(15)9(13)6-7-5-8(12)3-4-10(7)14/h3-5,9H,2,6H2,1H3. The Bertz CT molecular complexity index is 366. The normalized spacial score (nSPS) is 12.5. The number of Topliss-reactive ketones (excluding diaryl/α,β-unsaturated/α-hetero) is 1. The molecule has 0 aliphatic rings. The van der Waals surface area contributed by atoms with Crippen LogP contribution in [-0.2, 0) is 11.2 Å². The molecule has 15 heavy (non-hydrogen) atoms. The zero-order valence-electron chi connectivity index (χ0n) is 8.27. The molecule has 1 atom stereocenters. The Balaban J connectivity index is 2.80. The topological polar surface area (TPSA) is 17.1 Å². The third kappa shape index (κ3) is 3.89. The second-order valence-corrected chi connectivity index (χ2v) is 5.66. The number of halogens is 3. The van der Waals surface area contributed by atoms with Gasteiger partial charge in [-0.2, -0.15) is 0 Å². The molecule has 1 unspecified atom stereocenters. The van der Waals surface area contributed by atoms with Crippen LogP contribution in [-0.4, -0.2) is 10.6 Å². The minimum absolute atomic E-state index is 0.144. The van der Waals surface area contributed by atoms with E-state index in [0.717, 1.165) is 10.0 Å². The van der Waals surface area contributed by atoms with E-state index in [9.17, 15) is 4.79 Å². The first-order valence-electron chi connectivity index (χ1n) is 4.65. The molecular formula is C11H11Br2ClO. The van der Waals surface area contributed by atoms with Crippen molar-refractivity contribution in [2.45, 2.75) is 24.6 Å². The Kier molecular flexibility index (Phi) is 5.30. The maximum Gasteiger partial charge on any atom is 0.146 e. The second-order valence-electron chi connectivity index (χ2n) is 3.23. The first-order valence-corrected chi connectivity index (χ1v) is 6.74. The summed E-state index contributed by atoms with van der Waals surface area (Å²) in [6.45, 7) is 1.86. The van der Waals surface area contributed by atoms with Crippen LogP contribution >= 0.6 is 43.5 Å². The number of alkyl halides is 1. The van der Waals surface area contributed by atoms with E-state index in [4.69, 9.17) is 11.6 Å². The summed E-state index contributed by atoms with van der Waals surface area (Å²) in [5, 5.41) is 0.701. The van der Waals surface area contributed by atoms with E-state index in [-0.39, 0.29) is 10.6 Å². The van der Waals surface area contributed by atoms with Crippen LogP contribution in [0.3, 0.4) is 0 Å². The molecule has 1 nitrogen and oxygen atoms in total. The van der Waals surface area contributed by atoms with Crippen molar-refractivity contribution in [3.8, 4) is 0 Å². The van der Waals surface area contributed by atoms with E-state index in [1.807, 2.05) is 25.1 Å². The van der Waals surface area contributed by atoms with E-state index in [2.05, 4.69) is 31.9 Å². The van der Waals surface area contributed by atoms with Gasteiger partial charge >= 0.3 is 0 Å². The summed E-state index contributed by atoms with van der Waals surface area (Å²) in [5.74, 6) is 0.200. The van der Waals surface area contributed by atoms with Gasteiger partial charge < -0.3 is 0 Å². The lowest BCUT2D eigenvalue weighted by atomic mass is 10.1. The Morgan fingerprint density at radius 2 is 2.20 bits per heavy atom. The zero-order chi connectivity index (χ0) is 11.4. The molecule has 0 N–H and O–H groups in total. The molecule has 0 saturated heterocycles. The molecule has 0 fully saturated rings. The van der Waals surface area contributed by atoms with Crippen LogP contribution in [0.1, 0.15) is 18.9 Å². The van der Waals surface area contributed by atoms with Gasteiger partial charge in [0.15, 0.2) is 0 Å². The fraction of sp³-hybridized carbons (Fsp3) is 0.364. The Labute approximate surface area is 111 Å². The number of hydrogen-bond donors (Lipinski definition) is 0. The van der Waals surface area contributed by atoms with Crippen LogP contribution < -0.4 is 0 Å². The van der Waals surface area contributed by atoms with Gasteiger partial charge in [-0.25, -0.2) is 0 Å². The summed E-state index contributed by atoms with van der Waals surface area (Å²) < 4.78 is 0.977. The maximum absolute atomic E-state index is 11.4. The van der Waals surface area contributed by atoms with Crippen molar-refractivity contribution in [1.29, 1.82) is 0 Å². The summed E-state index contributed by atoms with van der Waals surface area (Å²) >= 11 is 12.8. The highest BCUT2D eigenvalue weighted by molar-refractivity contribution is 9.10. The lowest BCUT2D eigenvalue weighted by Gasteiger charge is -2.09. The van der Waals surface area contributed by atoms with Crippen molar-refractivity contribution >= 4 is 49.2 Å². The highest BCUT2D eigenvalue weighted by atomic mass is 79.9. The number of hydrogen-bond acceptors (Lipinski definition) is 1. The average molecular weight is 354 g/mol. The molecule has 0 aliphatic carbocycles. The predicted octanol–water partition coefficient (Wildman–Crippen LogP) is 4.39. The molecule has 1 aromatic carbocycles. The van der Waals surface area contributed by atoms with E-state index in [1.54, 1.807) is 0 Å². The number of rotatable bonds is 4. The second kappa shape index (κ2) is 6.02. The number of benzene rings is 1. The molecule has 0 saturated carbocycles. The van der Waals surface area contributed by atoms with Crippen molar-refractivity contribution in [1.82, 2.24) is 0 Å². The lowest BCUT2D eigenvalue weighted by molar-refractivity contribution is -0.118. The molecule has 0 aliphatic heterocycles. The van der Waals surface area contributed by atoms with Crippen molar-refractivity contribution in [3.63, 3.8) is 0 Å². The number of carbonyl (C=O) groups excluding carboxylic acids is 1. The van der Waals surface area contributed by atoms with Crippen LogP contribution in [0, 0.1) is 0 Å². The largest absolute Gasteiger partial charge is 0.298 e. The van der Waals surface area contributed by atoms with Crippen molar-refractivity contribution in [3.05, 3.63) is 33.3 Å². The van der Waals surface area contributed by atoms with Gasteiger partial charge in [-0.15, -0.1) is 0 Å². The molecule has 0 spiro atoms. The molecule has 1 aromatic rings. The molecule has 0 amide bonds. The van der Waals surface area contributed by atoms with Crippen LogP contribution in [0.4, 0.5) is 0 Å². The molecule has 4 heteroatoms. The summed E-state index contributed by atoms with van der Waals surface area (Å²) in [6, 6.07) is 5.66. The van der Waals surface area contributed by atoms with E-state index < -0.39 is 0 Å². The SMILES string of the molecule is CCC(=O)C(Br)Cc1cc(Br)ccc1Cl. The number of ketones is 1. The quantitative estimate of drug-likeness (QED) is 0.733. The summed E-state index contributed by atoms with van der Waals surface area (Å²) in [7, 11) is 0. The van der Waals surface area contributed by atoms with E-state index >= 15 is 0 Å². The van der Waals surface area contributed by atoms with Gasteiger partial charge in [0, 0.05) is 15.9 Å². The highest BCUT2D eigenvalue weighted by Gasteiger charge is 2.15. The van der Waals surface area contributed by atoms with Crippen LogP contribution in [0.25, 0.3) is 0 Å². The molecule has 0 heterocycles. The molecule has 0 radical (unpaired) electrons. The van der Waals surface area contributed by atoms with Gasteiger partial charge in [-0.1, -0.05) is 50.4 Å². The first-order chi connectivity index (χ1) is 7.04. The van der Waals surface area contributed by atoms with Gasteiger partial charge in [0.05, 0.1) is 4.83 Å². The molecule has 82 valence electrons. The first kappa shape index (κ1) is 13.2. The summed E-state index contributed by atoms with van der Waals surface area (Å²) in [5.41, 5.74) is 0.981. The van der Waals surface area contributed by atoms with Crippen molar-refractivity contribution < 1.29 is 4.79 Å². The third-order valence-electron chi connectivity index (χ3n) is 2.10. The zero-order valence-corrected chi connectivity index (χ0v) is 12.2. The van der Waals surface area contributed by atoms with Crippen LogP contribution in [0.5, 0.6) is 0 Å². The Hall–Kier alpha value is 0.140. The van der Waals surface area contributed by atoms with Crippen molar-refractivity contribution in [2.75, 3.05) is 0 Å². The fourth-order valence-corrected chi connectivity index (χ4v) is 2.50. The predicted molar refractivity (Wildman–Crippen MR) is 70.9 cm³/mol. The third-order valence-corrected chi connectivity index (χ3v) is 3.80. The monoisotopic (exact) mass is 352 g/mol. The van der Waals surface area contributed by atoms with Gasteiger partial charge in [-0.3, -0.25) is 4.79 Å². The smallest absolute Gasteiger partial charge is 0.146 e. The molecule has 0 bridgehead atoms. The Morgan fingerprint density at radius 3 is 2.80 bits per heavy atom. The fourth-order valence-electron chi connectivity index (χ4n) is 1.23. The number of carbonyl (C=O) groups is 1.